The van der Waals surface area contributed by atoms with Gasteiger partial charge in [-0.2, -0.15) is 0 Å². The zero-order valence-corrected chi connectivity index (χ0v) is 17.7. The van der Waals surface area contributed by atoms with Gasteiger partial charge in [0.05, 0.1) is 31.0 Å². The lowest BCUT2D eigenvalue weighted by atomic mass is 9.84. The van der Waals surface area contributed by atoms with Crippen LogP contribution in [0.4, 0.5) is 4.39 Å². The molecule has 0 saturated carbocycles. The van der Waals surface area contributed by atoms with Gasteiger partial charge in [0, 0.05) is 32.2 Å². The van der Waals surface area contributed by atoms with E-state index in [1.165, 1.54) is 7.11 Å². The largest absolute Gasteiger partial charge is 0.493 e. The molecule has 3 aliphatic heterocycles. The molecule has 0 aliphatic carbocycles. The summed E-state index contributed by atoms with van der Waals surface area (Å²) >= 11 is 0. The molecule has 4 atom stereocenters. The van der Waals surface area contributed by atoms with E-state index < -0.39 is 6.10 Å². The Bertz CT molecular complexity index is 746. The van der Waals surface area contributed by atoms with E-state index in [9.17, 15) is 5.11 Å². The van der Waals surface area contributed by atoms with Crippen molar-refractivity contribution in [3.8, 4) is 11.5 Å². The van der Waals surface area contributed by atoms with Crippen molar-refractivity contribution in [3.05, 3.63) is 23.0 Å². The van der Waals surface area contributed by atoms with Crippen molar-refractivity contribution in [2.24, 2.45) is 0 Å². The lowest BCUT2D eigenvalue weighted by Crippen LogP contribution is -2.53. The zero-order valence-electron chi connectivity index (χ0n) is 17.7. The Morgan fingerprint density at radius 1 is 1.34 bits per heavy atom. The van der Waals surface area contributed by atoms with Crippen LogP contribution in [0.2, 0.25) is 0 Å². The summed E-state index contributed by atoms with van der Waals surface area (Å²) in [6, 6.07) is 1.82. The zero-order chi connectivity index (χ0) is 20.8. The van der Waals surface area contributed by atoms with E-state index in [2.05, 4.69) is 4.90 Å². The topological polar surface area (TPSA) is 60.4 Å². The van der Waals surface area contributed by atoms with Gasteiger partial charge in [0.25, 0.3) is 0 Å². The van der Waals surface area contributed by atoms with Crippen LogP contribution < -0.4 is 9.47 Å². The minimum atomic E-state index is -0.595. The van der Waals surface area contributed by atoms with E-state index in [-0.39, 0.29) is 35.4 Å². The van der Waals surface area contributed by atoms with E-state index in [1.54, 1.807) is 0 Å². The van der Waals surface area contributed by atoms with E-state index in [0.717, 1.165) is 25.1 Å². The smallest absolute Gasteiger partial charge is 0.197 e. The highest BCUT2D eigenvalue weighted by Crippen LogP contribution is 2.44. The summed E-state index contributed by atoms with van der Waals surface area (Å²) in [5, 5.41) is 10.7. The second kappa shape index (κ2) is 8.02. The Morgan fingerprint density at radius 2 is 2.10 bits per heavy atom. The number of hydrogen-bond acceptors (Lipinski definition) is 6. The fourth-order valence-electron chi connectivity index (χ4n) is 4.50. The molecule has 1 N–H and O–H groups in total. The number of hydrogen-bond donors (Lipinski definition) is 1. The molecule has 29 heavy (non-hydrogen) atoms. The third-order valence-corrected chi connectivity index (χ3v) is 6.01. The van der Waals surface area contributed by atoms with Gasteiger partial charge in [0.15, 0.2) is 17.3 Å². The first-order valence-corrected chi connectivity index (χ1v) is 10.5. The predicted molar refractivity (Wildman–Crippen MR) is 106 cm³/mol. The minimum Gasteiger partial charge on any atom is -0.493 e. The Kier molecular flexibility index (Phi) is 5.77. The van der Waals surface area contributed by atoms with Crippen LogP contribution in [0.5, 0.6) is 11.5 Å². The highest BCUT2D eigenvalue weighted by molar-refractivity contribution is 5.51. The number of nitrogens with zero attached hydrogens (tertiary/aromatic N) is 1. The standard InChI is InChI=1S/C22H32FNO5/c1-22(2,3)29-19-11-24-7-5-14-15(16(24)10-17(19)25)9-18(26-4)21(20(14)23)28-12-13-6-8-27-13/h9,13,16-17,19,25H,5-8,10-12H2,1-4H3/t13-,16-,17-,19-/m1/s1. The lowest BCUT2D eigenvalue weighted by molar-refractivity contribution is -0.149. The summed E-state index contributed by atoms with van der Waals surface area (Å²) in [6.07, 6.45) is 1.22. The molecule has 3 heterocycles. The van der Waals surface area contributed by atoms with Crippen LogP contribution in [-0.4, -0.2) is 67.3 Å². The van der Waals surface area contributed by atoms with E-state index in [0.29, 0.717) is 37.3 Å². The molecular weight excluding hydrogens is 377 g/mol. The van der Waals surface area contributed by atoms with Crippen LogP contribution in [-0.2, 0) is 15.9 Å². The Morgan fingerprint density at radius 3 is 2.72 bits per heavy atom. The van der Waals surface area contributed by atoms with E-state index in [1.807, 2.05) is 26.8 Å². The summed E-state index contributed by atoms with van der Waals surface area (Å²) < 4.78 is 38.0. The molecular formula is C22H32FNO5. The van der Waals surface area contributed by atoms with Crippen LogP contribution in [0.3, 0.4) is 0 Å². The summed E-state index contributed by atoms with van der Waals surface area (Å²) in [5.74, 6) is 0.214. The molecule has 4 rings (SSSR count). The molecule has 0 spiro atoms. The number of aliphatic hydroxyl groups is 1. The predicted octanol–water partition coefficient (Wildman–Crippen LogP) is 2.85. The van der Waals surface area contributed by atoms with Gasteiger partial charge in [-0.05, 0) is 50.8 Å². The third-order valence-electron chi connectivity index (χ3n) is 6.01. The normalized spacial score (nSPS) is 29.6. The number of halogens is 1. The second-order valence-corrected chi connectivity index (χ2v) is 9.21. The van der Waals surface area contributed by atoms with Crippen LogP contribution in [0, 0.1) is 5.82 Å². The molecule has 0 unspecified atom stereocenters. The average molecular weight is 409 g/mol. The van der Waals surface area contributed by atoms with Crippen molar-refractivity contribution in [2.45, 2.75) is 70.0 Å². The fraction of sp³-hybridized carbons (Fsp3) is 0.727. The first-order chi connectivity index (χ1) is 13.8. The second-order valence-electron chi connectivity index (χ2n) is 9.21. The summed E-state index contributed by atoms with van der Waals surface area (Å²) in [6.45, 7) is 8.39. The quantitative estimate of drug-likeness (QED) is 0.807. The van der Waals surface area contributed by atoms with Crippen molar-refractivity contribution < 1.29 is 28.4 Å². The molecule has 2 saturated heterocycles. The maximum atomic E-state index is 15.4. The van der Waals surface area contributed by atoms with Gasteiger partial charge >= 0.3 is 0 Å². The highest BCUT2D eigenvalue weighted by Gasteiger charge is 2.41. The molecule has 1 aromatic carbocycles. The third kappa shape index (κ3) is 4.24. The van der Waals surface area contributed by atoms with Crippen LogP contribution >= 0.6 is 0 Å². The van der Waals surface area contributed by atoms with Gasteiger partial charge in [0.2, 0.25) is 0 Å². The molecule has 0 bridgehead atoms. The first kappa shape index (κ1) is 20.8. The van der Waals surface area contributed by atoms with Crippen molar-refractivity contribution in [1.82, 2.24) is 4.90 Å². The number of rotatable bonds is 5. The number of fused-ring (bicyclic) bond motifs is 3. The molecule has 0 radical (unpaired) electrons. The van der Waals surface area contributed by atoms with Gasteiger partial charge in [0.1, 0.15) is 6.61 Å². The van der Waals surface area contributed by atoms with Gasteiger partial charge in [-0.3, -0.25) is 4.90 Å². The minimum absolute atomic E-state index is 0.0267. The Hall–Kier alpha value is -1.41. The first-order valence-electron chi connectivity index (χ1n) is 10.5. The SMILES string of the molecule is COc1cc2c(c(F)c1OC[C@H]1CCO1)CCN1C[C@@H](OC(C)(C)C)[C@H](O)C[C@H]21. The molecule has 2 fully saturated rings. The maximum absolute atomic E-state index is 15.4. The van der Waals surface area contributed by atoms with Crippen molar-refractivity contribution in [3.63, 3.8) is 0 Å². The monoisotopic (exact) mass is 409 g/mol. The summed E-state index contributed by atoms with van der Waals surface area (Å²) in [4.78, 5) is 2.28. The number of ether oxygens (including phenoxy) is 4. The van der Waals surface area contributed by atoms with E-state index in [4.69, 9.17) is 18.9 Å². The average Bonchev–Trinajstić information content (AvgIpc) is 2.61. The molecule has 0 amide bonds. The molecule has 6 nitrogen and oxygen atoms in total. The molecule has 0 aromatic heterocycles. The summed E-state index contributed by atoms with van der Waals surface area (Å²) in [7, 11) is 1.53. The van der Waals surface area contributed by atoms with Crippen molar-refractivity contribution in [1.29, 1.82) is 0 Å². The number of piperidine rings is 1. The summed E-state index contributed by atoms with van der Waals surface area (Å²) in [5.41, 5.74) is 1.22. The molecule has 162 valence electrons. The van der Waals surface area contributed by atoms with Crippen LogP contribution in [0.1, 0.15) is 50.8 Å². The van der Waals surface area contributed by atoms with Gasteiger partial charge in [-0.1, -0.05) is 0 Å². The molecule has 3 aliphatic rings. The number of methoxy groups -OCH3 is 1. The van der Waals surface area contributed by atoms with Crippen molar-refractivity contribution in [2.75, 3.05) is 33.4 Å². The Balaban J connectivity index is 1.57. The maximum Gasteiger partial charge on any atom is 0.197 e. The molecule has 1 aromatic rings. The fourth-order valence-corrected chi connectivity index (χ4v) is 4.50. The van der Waals surface area contributed by atoms with Gasteiger partial charge < -0.3 is 24.1 Å². The van der Waals surface area contributed by atoms with Crippen molar-refractivity contribution >= 4 is 0 Å². The number of benzene rings is 1. The van der Waals surface area contributed by atoms with Gasteiger partial charge in [-0.15, -0.1) is 0 Å². The Labute approximate surface area is 171 Å². The van der Waals surface area contributed by atoms with Crippen LogP contribution in [0.15, 0.2) is 6.07 Å². The van der Waals surface area contributed by atoms with Gasteiger partial charge in [-0.25, -0.2) is 4.39 Å². The number of aliphatic hydroxyl groups excluding tert-OH is 1. The van der Waals surface area contributed by atoms with Crippen LogP contribution in [0.25, 0.3) is 0 Å². The van der Waals surface area contributed by atoms with E-state index >= 15 is 4.39 Å². The lowest BCUT2D eigenvalue weighted by Gasteiger charge is -2.47. The molecule has 7 heteroatoms. The highest BCUT2D eigenvalue weighted by atomic mass is 19.1.